The quantitative estimate of drug-likeness (QED) is 0.195. The average Bonchev–Trinajstić information content (AvgIpc) is 2.87. The zero-order chi connectivity index (χ0) is 28.6. The maximum atomic E-state index is 15.9. The number of carbonyl (C=O) groups excluding carboxylic acids is 1. The first-order valence-electron chi connectivity index (χ1n) is 13.8. The molecule has 1 heterocycles. The summed E-state index contributed by atoms with van der Waals surface area (Å²) in [6.07, 6.45) is 1.71. The highest BCUT2D eigenvalue weighted by molar-refractivity contribution is 8.25. The molecule has 1 aliphatic rings. The Morgan fingerprint density at radius 2 is 1.87 bits per heavy atom. The van der Waals surface area contributed by atoms with Gasteiger partial charge in [-0.1, -0.05) is 51.1 Å². The van der Waals surface area contributed by atoms with Crippen molar-refractivity contribution < 1.29 is 23.4 Å². The average molecular weight is 565 g/mol. The summed E-state index contributed by atoms with van der Waals surface area (Å²) in [5.74, 6) is -1.32. The number of benzene rings is 2. The maximum Gasteiger partial charge on any atom is 0.254 e. The molecule has 218 valence electrons. The molecule has 10 heteroatoms. The summed E-state index contributed by atoms with van der Waals surface area (Å²) in [7, 11) is -3.19. The molecule has 0 aliphatic carbocycles. The van der Waals surface area contributed by atoms with Crippen molar-refractivity contribution in [1.29, 1.82) is 0 Å². The molecule has 0 aromatic heterocycles. The van der Waals surface area contributed by atoms with Crippen LogP contribution in [0.1, 0.15) is 62.9 Å². The lowest BCUT2D eigenvalue weighted by Crippen LogP contribution is -2.49. The second kappa shape index (κ2) is 13.8. The van der Waals surface area contributed by atoms with Gasteiger partial charge in [-0.25, -0.2) is 4.39 Å². The van der Waals surface area contributed by atoms with Crippen molar-refractivity contribution in [2.45, 2.75) is 65.5 Å². The molecule has 39 heavy (non-hydrogen) atoms. The Kier molecular flexibility index (Phi) is 11.0. The molecule has 0 unspecified atom stereocenters. The van der Waals surface area contributed by atoms with Crippen molar-refractivity contribution >= 4 is 28.1 Å². The molecule has 8 nitrogen and oxygen atoms in total. The minimum absolute atomic E-state index is 0.0118. The van der Waals surface area contributed by atoms with Crippen LogP contribution in [-0.4, -0.2) is 64.2 Å². The van der Waals surface area contributed by atoms with E-state index in [1.807, 2.05) is 37.3 Å². The largest absolute Gasteiger partial charge is 0.390 e. The van der Waals surface area contributed by atoms with Crippen LogP contribution in [0, 0.1) is 11.2 Å². The van der Waals surface area contributed by atoms with Crippen LogP contribution in [0.25, 0.3) is 0 Å². The van der Waals surface area contributed by atoms with E-state index in [2.05, 4.69) is 36.7 Å². The lowest BCUT2D eigenvalue weighted by atomic mass is 9.92. The topological polar surface area (TPSA) is 117 Å². The molecule has 1 aliphatic heterocycles. The summed E-state index contributed by atoms with van der Waals surface area (Å²) in [5.41, 5.74) is 1.36. The van der Waals surface area contributed by atoms with Gasteiger partial charge < -0.3 is 21.1 Å². The van der Waals surface area contributed by atoms with E-state index in [0.29, 0.717) is 31.5 Å². The second-order valence-corrected chi connectivity index (χ2v) is 13.5. The molecule has 2 atom stereocenters. The smallest absolute Gasteiger partial charge is 0.254 e. The van der Waals surface area contributed by atoms with E-state index in [1.165, 1.54) is 16.4 Å². The first-order valence-corrected chi connectivity index (χ1v) is 15.4. The Labute approximate surface area is 233 Å². The third-order valence-electron chi connectivity index (χ3n) is 6.81. The molecule has 2 aromatic carbocycles. The molecule has 6 N–H and O–H groups in total. The Morgan fingerprint density at radius 3 is 2.51 bits per heavy atom. The van der Waals surface area contributed by atoms with E-state index in [4.69, 9.17) is 0 Å². The summed E-state index contributed by atoms with van der Waals surface area (Å²) in [6, 6.07) is 11.8. The number of halogens is 1. The molecule has 0 bridgehead atoms. The highest BCUT2D eigenvalue weighted by Crippen LogP contribution is 2.51. The van der Waals surface area contributed by atoms with Crippen LogP contribution < -0.4 is 20.3 Å². The Morgan fingerprint density at radius 1 is 1.15 bits per heavy atom. The second-order valence-electron chi connectivity index (χ2n) is 11.4. The lowest BCUT2D eigenvalue weighted by Gasteiger charge is -2.47. The Balaban J connectivity index is 1.86. The van der Waals surface area contributed by atoms with Gasteiger partial charge in [-0.05, 0) is 62.3 Å². The fourth-order valence-corrected chi connectivity index (χ4v) is 6.28. The summed E-state index contributed by atoms with van der Waals surface area (Å²) < 4.78 is 38.5. The van der Waals surface area contributed by atoms with Gasteiger partial charge >= 0.3 is 0 Å². The lowest BCUT2D eigenvalue weighted by molar-refractivity contribution is 0.0826. The highest BCUT2D eigenvalue weighted by atomic mass is 32.3. The first kappa shape index (κ1) is 31.2. The van der Waals surface area contributed by atoms with Crippen molar-refractivity contribution in [1.82, 2.24) is 10.6 Å². The van der Waals surface area contributed by atoms with Gasteiger partial charge in [-0.3, -0.25) is 18.2 Å². The predicted octanol–water partition coefficient (Wildman–Crippen LogP) is 5.25. The zero-order valence-electron chi connectivity index (χ0n) is 23.5. The molecule has 2 aromatic rings. The number of rotatable bonds is 12. The molecule has 1 saturated heterocycles. The summed E-state index contributed by atoms with van der Waals surface area (Å²) in [5, 5.41) is 20.3. The summed E-state index contributed by atoms with van der Waals surface area (Å²) in [6.45, 7) is 10.1. The summed E-state index contributed by atoms with van der Waals surface area (Å²) in [4.78, 5) is 13.5. The number of aliphatic hydroxyl groups is 1. The van der Waals surface area contributed by atoms with Gasteiger partial charge in [0.1, 0.15) is 0 Å². The normalized spacial score (nSPS) is 17.8. The van der Waals surface area contributed by atoms with Crippen molar-refractivity contribution in [2.75, 3.05) is 41.6 Å². The third-order valence-corrected chi connectivity index (χ3v) is 8.74. The number of carbonyl (C=O) groups is 1. The molecule has 0 radical (unpaired) electrons. The van der Waals surface area contributed by atoms with Crippen molar-refractivity contribution in [3.05, 3.63) is 59.4 Å². The maximum absolute atomic E-state index is 15.9. The van der Waals surface area contributed by atoms with Crippen molar-refractivity contribution in [3.8, 4) is 0 Å². The molecule has 1 amide bonds. The zero-order valence-corrected chi connectivity index (χ0v) is 24.4. The van der Waals surface area contributed by atoms with Gasteiger partial charge in [0.15, 0.2) is 5.82 Å². The minimum atomic E-state index is -3.19. The van der Waals surface area contributed by atoms with Crippen LogP contribution in [0.3, 0.4) is 0 Å². The van der Waals surface area contributed by atoms with Crippen LogP contribution in [0.4, 0.5) is 15.8 Å². The van der Waals surface area contributed by atoms with Gasteiger partial charge in [0, 0.05) is 25.3 Å². The monoisotopic (exact) mass is 564 g/mol. The van der Waals surface area contributed by atoms with E-state index < -0.39 is 34.6 Å². The van der Waals surface area contributed by atoms with Crippen molar-refractivity contribution in [3.63, 3.8) is 0 Å². The molecule has 0 spiro atoms. The van der Waals surface area contributed by atoms with Gasteiger partial charge in [-0.15, -0.1) is 10.8 Å². The van der Waals surface area contributed by atoms with E-state index in [-0.39, 0.29) is 35.5 Å². The number of aliphatic hydroxyl groups excluding tert-OH is 1. The SMILES string of the molecule is CCNc1cc(C(=O)N[C@@H](Cc2ccccc2)[C@H](O)CNCCC(C)(C)C)c(F)c(N2CCCCS2(O)O)c1. The van der Waals surface area contributed by atoms with Crippen LogP contribution in [0.15, 0.2) is 42.5 Å². The summed E-state index contributed by atoms with van der Waals surface area (Å²) >= 11 is 0. The molecule has 3 rings (SSSR count). The fraction of sp³-hybridized carbons (Fsp3) is 0.552. The third kappa shape index (κ3) is 9.08. The number of hydrogen-bond donors (Lipinski definition) is 6. The van der Waals surface area contributed by atoms with Crippen LogP contribution in [0.5, 0.6) is 0 Å². The Hall–Kier alpha value is -2.37. The van der Waals surface area contributed by atoms with Crippen molar-refractivity contribution in [2.24, 2.45) is 5.41 Å². The number of nitrogens with zero attached hydrogens (tertiary/aromatic N) is 1. The van der Waals surface area contributed by atoms with Gasteiger partial charge in [0.05, 0.1) is 29.1 Å². The van der Waals surface area contributed by atoms with E-state index in [1.54, 1.807) is 0 Å². The van der Waals surface area contributed by atoms with E-state index in [0.717, 1.165) is 18.5 Å². The molecular formula is C29H45FN4O4S. The van der Waals surface area contributed by atoms with Crippen LogP contribution in [-0.2, 0) is 6.42 Å². The number of nitrogens with one attached hydrogen (secondary N) is 3. The number of hydrogen-bond acceptors (Lipinski definition) is 7. The standard InChI is InChI=1S/C29H45FN4O4S/c1-5-32-22-18-23(27(30)25(19-22)34-15-9-10-16-39(34,37)38)28(36)33-24(17-21-11-7-6-8-12-21)26(35)20-31-14-13-29(2,3)4/h6-8,11-12,18-19,24,26,31-32,35,37-38H,5,9-10,13-17,20H2,1-4H3,(H,33,36)/t24-,26+/m0/s1. The Bertz CT molecular complexity index is 1080. The molecule has 1 fully saturated rings. The fourth-order valence-electron chi connectivity index (χ4n) is 4.60. The van der Waals surface area contributed by atoms with Gasteiger partial charge in [-0.2, -0.15) is 0 Å². The number of amides is 1. The number of anilines is 2. The van der Waals surface area contributed by atoms with E-state index in [9.17, 15) is 19.0 Å². The molecular weight excluding hydrogens is 519 g/mol. The van der Waals surface area contributed by atoms with Gasteiger partial charge in [0.2, 0.25) is 0 Å². The highest BCUT2D eigenvalue weighted by Gasteiger charge is 2.32. The minimum Gasteiger partial charge on any atom is -0.390 e. The van der Waals surface area contributed by atoms with Crippen LogP contribution in [0.2, 0.25) is 0 Å². The van der Waals surface area contributed by atoms with Crippen LogP contribution >= 0.6 is 10.8 Å². The van der Waals surface area contributed by atoms with Gasteiger partial charge in [0.25, 0.3) is 5.91 Å². The van der Waals surface area contributed by atoms with E-state index >= 15 is 4.39 Å². The predicted molar refractivity (Wildman–Crippen MR) is 159 cm³/mol. The first-order chi connectivity index (χ1) is 18.4. The molecule has 0 saturated carbocycles.